The summed E-state index contributed by atoms with van der Waals surface area (Å²) in [6, 6.07) is 6.85. The summed E-state index contributed by atoms with van der Waals surface area (Å²) in [5, 5.41) is 4.32. The molecule has 1 N–H and O–H groups in total. The minimum atomic E-state index is 0.509. The van der Waals surface area contributed by atoms with Gasteiger partial charge in [0.2, 0.25) is 0 Å². The van der Waals surface area contributed by atoms with Crippen LogP contribution in [0.1, 0.15) is 37.8 Å². The molecule has 2 unspecified atom stereocenters. The molecule has 1 aromatic rings. The summed E-state index contributed by atoms with van der Waals surface area (Å²) in [7, 11) is 2.04. The van der Waals surface area contributed by atoms with Gasteiger partial charge in [0.15, 0.2) is 0 Å². The maximum atomic E-state index is 6.28. The molecule has 0 aliphatic rings. The van der Waals surface area contributed by atoms with Crippen LogP contribution < -0.4 is 5.32 Å². The van der Waals surface area contributed by atoms with Crippen LogP contribution in [0.3, 0.4) is 0 Å². The van der Waals surface area contributed by atoms with E-state index in [0.717, 1.165) is 11.4 Å². The molecule has 0 aliphatic carbocycles. The van der Waals surface area contributed by atoms with Crippen molar-refractivity contribution in [2.24, 2.45) is 5.92 Å². The van der Waals surface area contributed by atoms with Crippen molar-refractivity contribution in [3.8, 4) is 0 Å². The first kappa shape index (κ1) is 14.5. The minimum absolute atomic E-state index is 0.509. The molecule has 0 aliphatic heterocycles. The van der Waals surface area contributed by atoms with Gasteiger partial charge in [0, 0.05) is 11.1 Å². The van der Waals surface area contributed by atoms with E-state index in [1.807, 2.05) is 13.1 Å². The molecule has 0 saturated heterocycles. The molecule has 1 aromatic carbocycles. The highest BCUT2D eigenvalue weighted by molar-refractivity contribution is 6.31. The second-order valence-corrected chi connectivity index (χ2v) is 5.37. The second-order valence-electron chi connectivity index (χ2n) is 4.96. The summed E-state index contributed by atoms with van der Waals surface area (Å²) in [5.74, 6) is 0.683. The zero-order chi connectivity index (χ0) is 12.8. The molecule has 1 rings (SSSR count). The fourth-order valence-corrected chi connectivity index (χ4v) is 2.61. The van der Waals surface area contributed by atoms with E-state index >= 15 is 0 Å². The van der Waals surface area contributed by atoms with Gasteiger partial charge in [0.25, 0.3) is 0 Å². The Morgan fingerprint density at radius 2 is 2.06 bits per heavy atom. The lowest BCUT2D eigenvalue weighted by Gasteiger charge is -2.24. The third-order valence-corrected chi connectivity index (χ3v) is 3.80. The number of hydrogen-bond donors (Lipinski definition) is 1. The van der Waals surface area contributed by atoms with Crippen LogP contribution in [0.25, 0.3) is 0 Å². The number of rotatable bonds is 6. The Labute approximate surface area is 111 Å². The molecule has 2 atom stereocenters. The maximum Gasteiger partial charge on any atom is 0.0441 e. The molecule has 0 aromatic heterocycles. The molecule has 0 spiro atoms. The molecule has 1 nitrogen and oxygen atoms in total. The zero-order valence-corrected chi connectivity index (χ0v) is 12.1. The molecule has 2 heteroatoms. The Bertz CT molecular complexity index is 349. The van der Waals surface area contributed by atoms with Gasteiger partial charge in [0.05, 0.1) is 0 Å². The van der Waals surface area contributed by atoms with E-state index in [1.165, 1.54) is 24.0 Å². The molecule has 0 radical (unpaired) electrons. The Morgan fingerprint density at radius 1 is 1.35 bits per heavy atom. The van der Waals surface area contributed by atoms with Gasteiger partial charge in [-0.1, -0.05) is 44.0 Å². The van der Waals surface area contributed by atoms with Crippen LogP contribution in [0.4, 0.5) is 0 Å². The van der Waals surface area contributed by atoms with Crippen LogP contribution in [-0.2, 0) is 6.42 Å². The van der Waals surface area contributed by atoms with Crippen molar-refractivity contribution in [1.29, 1.82) is 0 Å². The molecule has 0 heterocycles. The molecule has 0 saturated carbocycles. The summed E-state index contributed by atoms with van der Waals surface area (Å²) in [6.07, 6.45) is 3.51. The molecule has 0 bridgehead atoms. The first-order valence-electron chi connectivity index (χ1n) is 6.50. The van der Waals surface area contributed by atoms with Crippen LogP contribution in [-0.4, -0.2) is 13.1 Å². The van der Waals surface area contributed by atoms with Crippen LogP contribution in [0.2, 0.25) is 5.02 Å². The lowest BCUT2D eigenvalue weighted by molar-refractivity contribution is 0.372. The average molecular weight is 254 g/mol. The van der Waals surface area contributed by atoms with Gasteiger partial charge >= 0.3 is 0 Å². The van der Waals surface area contributed by atoms with Crippen molar-refractivity contribution >= 4 is 11.6 Å². The quantitative estimate of drug-likeness (QED) is 0.801. The van der Waals surface area contributed by atoms with Gasteiger partial charge in [0.1, 0.15) is 0 Å². The summed E-state index contributed by atoms with van der Waals surface area (Å²) in [6.45, 7) is 6.62. The van der Waals surface area contributed by atoms with E-state index < -0.39 is 0 Å². The van der Waals surface area contributed by atoms with E-state index in [-0.39, 0.29) is 0 Å². The van der Waals surface area contributed by atoms with E-state index in [9.17, 15) is 0 Å². The highest BCUT2D eigenvalue weighted by atomic mass is 35.5. The largest absolute Gasteiger partial charge is 0.316 e. The van der Waals surface area contributed by atoms with Crippen molar-refractivity contribution in [3.05, 3.63) is 34.3 Å². The number of hydrogen-bond acceptors (Lipinski definition) is 1. The number of halogens is 1. The minimum Gasteiger partial charge on any atom is -0.316 e. The van der Waals surface area contributed by atoms with Crippen molar-refractivity contribution in [2.45, 2.75) is 46.1 Å². The number of likely N-dealkylation sites (N-methyl/N-ethyl adjacent to an activating group) is 1. The Morgan fingerprint density at radius 3 is 2.59 bits per heavy atom. The van der Waals surface area contributed by atoms with Gasteiger partial charge in [-0.25, -0.2) is 0 Å². The average Bonchev–Trinajstić information content (AvgIpc) is 2.28. The number of aryl methyl sites for hydroxylation is 1. The summed E-state index contributed by atoms with van der Waals surface area (Å²) < 4.78 is 0. The van der Waals surface area contributed by atoms with Gasteiger partial charge in [-0.2, -0.15) is 0 Å². The lowest BCUT2D eigenvalue weighted by Crippen LogP contribution is -2.34. The lowest BCUT2D eigenvalue weighted by atomic mass is 9.91. The Hall–Kier alpha value is -0.530. The van der Waals surface area contributed by atoms with Gasteiger partial charge in [-0.15, -0.1) is 0 Å². The first-order valence-corrected chi connectivity index (χ1v) is 6.88. The van der Waals surface area contributed by atoms with Crippen LogP contribution in [0.15, 0.2) is 18.2 Å². The monoisotopic (exact) mass is 253 g/mol. The molecular weight excluding hydrogens is 230 g/mol. The highest BCUT2D eigenvalue weighted by Gasteiger charge is 2.16. The predicted molar refractivity (Wildman–Crippen MR) is 76.8 cm³/mol. The van der Waals surface area contributed by atoms with Crippen LogP contribution >= 0.6 is 11.6 Å². The normalized spacial score (nSPS) is 14.6. The van der Waals surface area contributed by atoms with Gasteiger partial charge < -0.3 is 5.32 Å². The number of benzene rings is 1. The number of nitrogens with one attached hydrogen (secondary N) is 1. The predicted octanol–water partition coefficient (Wildman–Crippen LogP) is 4.22. The Kier molecular flexibility index (Phi) is 6.01. The van der Waals surface area contributed by atoms with E-state index in [4.69, 9.17) is 11.6 Å². The van der Waals surface area contributed by atoms with E-state index in [2.05, 4.69) is 38.2 Å². The molecule has 0 amide bonds. The SMILES string of the molecule is CCCC(C)C(Cc1ccc(C)cc1Cl)NC. The highest BCUT2D eigenvalue weighted by Crippen LogP contribution is 2.22. The van der Waals surface area contributed by atoms with Crippen molar-refractivity contribution in [1.82, 2.24) is 5.32 Å². The van der Waals surface area contributed by atoms with Crippen LogP contribution in [0, 0.1) is 12.8 Å². The van der Waals surface area contributed by atoms with Crippen LogP contribution in [0.5, 0.6) is 0 Å². The first-order chi connectivity index (χ1) is 8.08. The van der Waals surface area contributed by atoms with Gasteiger partial charge in [-0.3, -0.25) is 0 Å². The van der Waals surface area contributed by atoms with E-state index in [1.54, 1.807) is 0 Å². The maximum absolute atomic E-state index is 6.28. The third kappa shape index (κ3) is 4.33. The van der Waals surface area contributed by atoms with Crippen molar-refractivity contribution < 1.29 is 0 Å². The smallest absolute Gasteiger partial charge is 0.0441 e. The third-order valence-electron chi connectivity index (χ3n) is 3.45. The standard InChI is InChI=1S/C15H24ClN/c1-5-6-12(3)15(17-4)10-13-8-7-11(2)9-14(13)16/h7-9,12,15,17H,5-6,10H2,1-4H3. The molecular formula is C15H24ClN. The summed E-state index contributed by atoms with van der Waals surface area (Å²) >= 11 is 6.28. The fraction of sp³-hybridized carbons (Fsp3) is 0.600. The topological polar surface area (TPSA) is 12.0 Å². The Balaban J connectivity index is 2.73. The summed E-state index contributed by atoms with van der Waals surface area (Å²) in [4.78, 5) is 0. The molecule has 96 valence electrons. The zero-order valence-electron chi connectivity index (χ0n) is 11.4. The second kappa shape index (κ2) is 7.03. The molecule has 17 heavy (non-hydrogen) atoms. The van der Waals surface area contributed by atoms with E-state index in [0.29, 0.717) is 12.0 Å². The van der Waals surface area contributed by atoms with Gasteiger partial charge in [-0.05, 0) is 49.9 Å². The summed E-state index contributed by atoms with van der Waals surface area (Å²) in [5.41, 5.74) is 2.47. The molecule has 0 fully saturated rings. The van der Waals surface area contributed by atoms with Crippen molar-refractivity contribution in [3.63, 3.8) is 0 Å². The van der Waals surface area contributed by atoms with Crippen molar-refractivity contribution in [2.75, 3.05) is 7.05 Å². The fourth-order valence-electron chi connectivity index (χ4n) is 2.30.